The lowest BCUT2D eigenvalue weighted by molar-refractivity contribution is 0.495. The topological polar surface area (TPSA) is 46.2 Å². The minimum atomic E-state index is -3.42. The minimum absolute atomic E-state index is 0.0506. The molecule has 0 aliphatic heterocycles. The van der Waals surface area contributed by atoms with Gasteiger partial charge in [0.25, 0.3) is 0 Å². The third-order valence-corrected chi connectivity index (χ3v) is 5.79. The molecule has 2 rings (SSSR count). The van der Waals surface area contributed by atoms with Crippen LogP contribution in [0.4, 0.5) is 0 Å². The number of rotatable bonds is 6. The molecule has 1 atom stereocenters. The van der Waals surface area contributed by atoms with Gasteiger partial charge in [0.05, 0.1) is 4.90 Å². The van der Waals surface area contributed by atoms with Crippen LogP contribution in [0.1, 0.15) is 32.6 Å². The first-order chi connectivity index (χ1) is 8.53. The zero-order chi connectivity index (χ0) is 13.2. The van der Waals surface area contributed by atoms with Crippen LogP contribution in [-0.4, -0.2) is 14.5 Å². The highest BCUT2D eigenvalue weighted by atomic mass is 79.9. The number of nitrogens with one attached hydrogen (secondary N) is 1. The molecule has 3 nitrogen and oxygen atoms in total. The Kier molecular flexibility index (Phi) is 4.45. The molecule has 0 heterocycles. The van der Waals surface area contributed by atoms with Crippen molar-refractivity contribution in [3.8, 4) is 0 Å². The molecule has 18 heavy (non-hydrogen) atoms. The Morgan fingerprint density at radius 2 is 2.06 bits per heavy atom. The first-order valence-corrected chi connectivity index (χ1v) is 8.57. The van der Waals surface area contributed by atoms with Crippen LogP contribution in [-0.2, 0) is 10.0 Å². The van der Waals surface area contributed by atoms with Crippen molar-refractivity contribution in [2.75, 3.05) is 0 Å². The molecule has 1 unspecified atom stereocenters. The van der Waals surface area contributed by atoms with Gasteiger partial charge in [-0.2, -0.15) is 0 Å². The first-order valence-electron chi connectivity index (χ1n) is 6.29. The quantitative estimate of drug-likeness (QED) is 0.869. The summed E-state index contributed by atoms with van der Waals surface area (Å²) in [7, 11) is -3.42. The molecule has 1 aliphatic rings. The van der Waals surface area contributed by atoms with Crippen molar-refractivity contribution in [2.45, 2.75) is 43.5 Å². The molecule has 0 spiro atoms. The van der Waals surface area contributed by atoms with Crippen molar-refractivity contribution in [3.05, 3.63) is 28.7 Å². The largest absolute Gasteiger partial charge is 0.241 e. The molecule has 1 N–H and O–H groups in total. The van der Waals surface area contributed by atoms with Crippen LogP contribution in [0, 0.1) is 5.92 Å². The molecule has 0 saturated heterocycles. The molecule has 0 bridgehead atoms. The van der Waals surface area contributed by atoms with E-state index >= 15 is 0 Å². The van der Waals surface area contributed by atoms with Gasteiger partial charge >= 0.3 is 0 Å². The summed E-state index contributed by atoms with van der Waals surface area (Å²) in [5, 5.41) is 0. The zero-order valence-corrected chi connectivity index (χ0v) is 12.8. The molecule has 5 heteroatoms. The summed E-state index contributed by atoms with van der Waals surface area (Å²) in [6.07, 6.45) is 4.28. The maximum absolute atomic E-state index is 12.3. The third-order valence-electron chi connectivity index (χ3n) is 3.26. The van der Waals surface area contributed by atoms with Gasteiger partial charge in [-0.15, -0.1) is 0 Å². The van der Waals surface area contributed by atoms with Crippen LogP contribution in [0.25, 0.3) is 0 Å². The van der Waals surface area contributed by atoms with E-state index in [-0.39, 0.29) is 6.04 Å². The van der Waals surface area contributed by atoms with Crippen molar-refractivity contribution in [1.82, 2.24) is 4.72 Å². The van der Waals surface area contributed by atoms with Crippen LogP contribution in [0.2, 0.25) is 0 Å². The number of hydrogen-bond donors (Lipinski definition) is 1. The number of benzene rings is 1. The Hall–Kier alpha value is -0.390. The van der Waals surface area contributed by atoms with E-state index in [2.05, 4.69) is 20.7 Å². The second-order valence-corrected chi connectivity index (χ2v) is 7.37. The van der Waals surface area contributed by atoms with Crippen LogP contribution in [0.15, 0.2) is 33.6 Å². The van der Waals surface area contributed by atoms with E-state index < -0.39 is 10.0 Å². The lowest BCUT2D eigenvalue weighted by Gasteiger charge is -2.17. The molecule has 1 aromatic rings. The molecule has 0 amide bonds. The molecule has 1 aliphatic carbocycles. The van der Waals surface area contributed by atoms with Crippen molar-refractivity contribution < 1.29 is 8.42 Å². The van der Waals surface area contributed by atoms with Crippen LogP contribution >= 0.6 is 15.9 Å². The molecule has 1 fully saturated rings. The maximum Gasteiger partial charge on any atom is 0.241 e. The standard InChI is InChI=1S/C13H18BrNO2S/c1-2-11(9-10-7-8-10)15-18(16,17)13-6-4-3-5-12(13)14/h3-6,10-11,15H,2,7-9H2,1H3. The van der Waals surface area contributed by atoms with E-state index in [1.54, 1.807) is 18.2 Å². The Balaban J connectivity index is 2.12. The molecular formula is C13H18BrNO2S. The van der Waals surface area contributed by atoms with Gasteiger partial charge in [0.1, 0.15) is 0 Å². The van der Waals surface area contributed by atoms with Gasteiger partial charge in [-0.3, -0.25) is 0 Å². The Bertz CT molecular complexity index is 511. The SMILES string of the molecule is CCC(CC1CC1)NS(=O)(=O)c1ccccc1Br. The van der Waals surface area contributed by atoms with Crippen molar-refractivity contribution in [2.24, 2.45) is 5.92 Å². The predicted octanol–water partition coefficient (Wildman–Crippen LogP) is 3.31. The molecular weight excluding hydrogens is 314 g/mol. The smallest absolute Gasteiger partial charge is 0.208 e. The van der Waals surface area contributed by atoms with Crippen molar-refractivity contribution in [1.29, 1.82) is 0 Å². The van der Waals surface area contributed by atoms with E-state index in [1.807, 2.05) is 13.0 Å². The molecule has 1 saturated carbocycles. The summed E-state index contributed by atoms with van der Waals surface area (Å²) >= 11 is 3.29. The summed E-state index contributed by atoms with van der Waals surface area (Å²) < 4.78 is 28.0. The zero-order valence-electron chi connectivity index (χ0n) is 10.4. The number of sulfonamides is 1. The Morgan fingerprint density at radius 3 is 2.61 bits per heavy atom. The minimum Gasteiger partial charge on any atom is -0.208 e. The van der Waals surface area contributed by atoms with Gasteiger partial charge < -0.3 is 0 Å². The highest BCUT2D eigenvalue weighted by Gasteiger charge is 2.28. The second kappa shape index (κ2) is 5.72. The monoisotopic (exact) mass is 331 g/mol. The molecule has 0 radical (unpaired) electrons. The summed E-state index contributed by atoms with van der Waals surface area (Å²) in [5.74, 6) is 0.719. The van der Waals surface area contributed by atoms with Crippen LogP contribution < -0.4 is 4.72 Å². The lowest BCUT2D eigenvalue weighted by Crippen LogP contribution is -2.34. The van der Waals surface area contributed by atoms with Crippen molar-refractivity contribution >= 4 is 26.0 Å². The van der Waals surface area contributed by atoms with E-state index in [4.69, 9.17) is 0 Å². The summed E-state index contributed by atoms with van der Waals surface area (Å²) in [6.45, 7) is 2.02. The van der Waals surface area contributed by atoms with Crippen LogP contribution in [0.3, 0.4) is 0 Å². The van der Waals surface area contributed by atoms with E-state index in [9.17, 15) is 8.42 Å². The normalized spacial score (nSPS) is 17.7. The van der Waals surface area contributed by atoms with E-state index in [0.717, 1.165) is 18.8 Å². The van der Waals surface area contributed by atoms with Gasteiger partial charge in [0, 0.05) is 10.5 Å². The number of halogens is 1. The van der Waals surface area contributed by atoms with Crippen LogP contribution in [0.5, 0.6) is 0 Å². The fourth-order valence-electron chi connectivity index (χ4n) is 2.00. The highest BCUT2D eigenvalue weighted by Crippen LogP contribution is 2.34. The van der Waals surface area contributed by atoms with E-state index in [0.29, 0.717) is 9.37 Å². The van der Waals surface area contributed by atoms with Gasteiger partial charge in [-0.1, -0.05) is 31.9 Å². The molecule has 1 aromatic carbocycles. The van der Waals surface area contributed by atoms with E-state index in [1.165, 1.54) is 12.8 Å². The predicted molar refractivity (Wildman–Crippen MR) is 75.9 cm³/mol. The fraction of sp³-hybridized carbons (Fsp3) is 0.538. The van der Waals surface area contributed by atoms with Gasteiger partial charge in [-0.05, 0) is 46.8 Å². The third kappa shape index (κ3) is 3.56. The Morgan fingerprint density at radius 1 is 1.39 bits per heavy atom. The lowest BCUT2D eigenvalue weighted by atomic mass is 10.1. The van der Waals surface area contributed by atoms with Gasteiger partial charge in [0.2, 0.25) is 10.0 Å². The number of hydrogen-bond acceptors (Lipinski definition) is 2. The average molecular weight is 332 g/mol. The van der Waals surface area contributed by atoms with Gasteiger partial charge in [-0.25, -0.2) is 13.1 Å². The summed E-state index contributed by atoms with van der Waals surface area (Å²) in [5.41, 5.74) is 0. The molecule has 0 aromatic heterocycles. The summed E-state index contributed by atoms with van der Waals surface area (Å²) in [4.78, 5) is 0.319. The first kappa shape index (κ1) is 14.0. The Labute approximate surface area is 117 Å². The average Bonchev–Trinajstić information content (AvgIpc) is 3.12. The second-order valence-electron chi connectivity index (χ2n) is 4.84. The summed E-state index contributed by atoms with van der Waals surface area (Å²) in [6, 6.07) is 6.97. The van der Waals surface area contributed by atoms with Gasteiger partial charge in [0.15, 0.2) is 0 Å². The highest BCUT2D eigenvalue weighted by molar-refractivity contribution is 9.10. The molecule has 100 valence electrons. The maximum atomic E-state index is 12.3. The van der Waals surface area contributed by atoms with Crippen molar-refractivity contribution in [3.63, 3.8) is 0 Å². The fourth-order valence-corrected chi connectivity index (χ4v) is 4.33.